The van der Waals surface area contributed by atoms with Crippen molar-refractivity contribution in [3.8, 4) is 0 Å². The van der Waals surface area contributed by atoms with Gasteiger partial charge >= 0.3 is 6.09 Å². The zero-order valence-electron chi connectivity index (χ0n) is 17.1. The summed E-state index contributed by atoms with van der Waals surface area (Å²) in [6, 6.07) is 6.10. The van der Waals surface area contributed by atoms with Gasteiger partial charge in [0.05, 0.1) is 19.0 Å². The molecular formula is C21H27N5O3. The van der Waals surface area contributed by atoms with Crippen molar-refractivity contribution >= 4 is 23.5 Å². The van der Waals surface area contributed by atoms with Gasteiger partial charge in [-0.2, -0.15) is 0 Å². The van der Waals surface area contributed by atoms with Gasteiger partial charge in [0.25, 0.3) is 5.91 Å². The summed E-state index contributed by atoms with van der Waals surface area (Å²) in [6.07, 6.45) is 4.38. The van der Waals surface area contributed by atoms with Crippen LogP contribution in [0.4, 0.5) is 16.3 Å². The quantitative estimate of drug-likeness (QED) is 0.803. The number of nitrogens with one attached hydrogen (secondary N) is 2. The maximum absolute atomic E-state index is 12.4. The van der Waals surface area contributed by atoms with Crippen molar-refractivity contribution in [2.24, 2.45) is 0 Å². The lowest BCUT2D eigenvalue weighted by Crippen LogP contribution is -2.42. The molecule has 2 aromatic rings. The molecule has 1 fully saturated rings. The lowest BCUT2D eigenvalue weighted by atomic mass is 10.1. The average Bonchev–Trinajstić information content (AvgIpc) is 2.72. The maximum atomic E-state index is 12.4. The molecule has 1 aliphatic rings. The van der Waals surface area contributed by atoms with E-state index < -0.39 is 0 Å². The fraction of sp³-hybridized carbons (Fsp3) is 0.429. The van der Waals surface area contributed by atoms with Gasteiger partial charge in [0.1, 0.15) is 11.5 Å². The number of anilines is 2. The second kappa shape index (κ2) is 9.36. The van der Waals surface area contributed by atoms with E-state index in [1.807, 2.05) is 32.0 Å². The van der Waals surface area contributed by atoms with E-state index in [1.54, 1.807) is 18.0 Å². The molecule has 29 heavy (non-hydrogen) atoms. The van der Waals surface area contributed by atoms with Gasteiger partial charge < -0.3 is 20.3 Å². The first-order valence-corrected chi connectivity index (χ1v) is 9.85. The molecular weight excluding hydrogens is 370 g/mol. The Bertz CT molecular complexity index is 861. The number of rotatable bonds is 5. The van der Waals surface area contributed by atoms with E-state index >= 15 is 0 Å². The van der Waals surface area contributed by atoms with Crippen molar-refractivity contribution in [2.45, 2.75) is 39.7 Å². The zero-order valence-corrected chi connectivity index (χ0v) is 17.1. The normalized spacial score (nSPS) is 14.4. The Morgan fingerprint density at radius 3 is 2.59 bits per heavy atom. The molecule has 8 nitrogen and oxygen atoms in total. The molecule has 154 valence electrons. The van der Waals surface area contributed by atoms with E-state index in [9.17, 15) is 9.59 Å². The summed E-state index contributed by atoms with van der Waals surface area (Å²) < 4.78 is 5.03. The molecule has 1 aliphatic heterocycles. The van der Waals surface area contributed by atoms with Gasteiger partial charge in [0, 0.05) is 24.8 Å². The lowest BCUT2D eigenvalue weighted by molar-refractivity contribution is 0.0982. The second-order valence-electron chi connectivity index (χ2n) is 7.16. The summed E-state index contributed by atoms with van der Waals surface area (Å²) in [5.41, 5.74) is 3.09. The summed E-state index contributed by atoms with van der Waals surface area (Å²) in [5, 5.41) is 6.20. The van der Waals surface area contributed by atoms with Crippen molar-refractivity contribution in [1.82, 2.24) is 14.9 Å². The van der Waals surface area contributed by atoms with Crippen LogP contribution >= 0.6 is 0 Å². The SMILES string of the molecule is CCOC(=O)N1CCC(Nc2cnc(C(=O)Nc3cc(C)ccc3C)cn2)CC1. The van der Waals surface area contributed by atoms with Crippen LogP contribution < -0.4 is 10.6 Å². The van der Waals surface area contributed by atoms with Crippen LogP contribution in [0.3, 0.4) is 0 Å². The number of nitrogens with zero attached hydrogens (tertiary/aromatic N) is 3. The van der Waals surface area contributed by atoms with E-state index in [1.165, 1.54) is 6.20 Å². The first-order chi connectivity index (χ1) is 14.0. The molecule has 1 aromatic heterocycles. The molecule has 0 spiro atoms. The topological polar surface area (TPSA) is 96.5 Å². The Hall–Kier alpha value is -3.16. The van der Waals surface area contributed by atoms with Gasteiger partial charge in [-0.15, -0.1) is 0 Å². The standard InChI is InChI=1S/C21H27N5O3/c1-4-29-21(28)26-9-7-16(8-10-26)24-19-13-22-18(12-23-19)20(27)25-17-11-14(2)5-6-15(17)3/h5-6,11-13,16H,4,7-10H2,1-3H3,(H,23,24)(H,25,27). The molecule has 0 aliphatic carbocycles. The number of hydrogen-bond acceptors (Lipinski definition) is 6. The summed E-state index contributed by atoms with van der Waals surface area (Å²) in [6.45, 7) is 7.39. The minimum Gasteiger partial charge on any atom is -0.450 e. The van der Waals surface area contributed by atoms with Crippen LogP contribution in [0.1, 0.15) is 41.4 Å². The third-order valence-corrected chi connectivity index (χ3v) is 4.90. The van der Waals surface area contributed by atoms with Crippen LogP contribution in [0.15, 0.2) is 30.6 Å². The number of likely N-dealkylation sites (tertiary alicyclic amines) is 1. The number of aromatic nitrogens is 2. The number of carbonyl (C=O) groups is 2. The minimum absolute atomic E-state index is 0.199. The maximum Gasteiger partial charge on any atom is 0.409 e. The van der Waals surface area contributed by atoms with E-state index in [4.69, 9.17) is 4.74 Å². The highest BCUT2D eigenvalue weighted by molar-refractivity contribution is 6.03. The van der Waals surface area contributed by atoms with Gasteiger partial charge in [-0.05, 0) is 50.8 Å². The molecule has 2 amide bonds. The van der Waals surface area contributed by atoms with Crippen LogP contribution in [0.2, 0.25) is 0 Å². The van der Waals surface area contributed by atoms with E-state index in [-0.39, 0.29) is 23.7 Å². The van der Waals surface area contributed by atoms with Crippen molar-refractivity contribution in [3.63, 3.8) is 0 Å². The molecule has 0 bridgehead atoms. The third kappa shape index (κ3) is 5.43. The number of amides is 2. The van der Waals surface area contributed by atoms with E-state index in [0.717, 1.165) is 29.7 Å². The zero-order chi connectivity index (χ0) is 20.8. The Balaban J connectivity index is 1.53. The molecule has 2 N–H and O–H groups in total. The van der Waals surface area contributed by atoms with Crippen molar-refractivity contribution in [3.05, 3.63) is 47.4 Å². The van der Waals surface area contributed by atoms with Crippen LogP contribution in [0.25, 0.3) is 0 Å². The van der Waals surface area contributed by atoms with Crippen LogP contribution in [0, 0.1) is 13.8 Å². The van der Waals surface area contributed by atoms with Gasteiger partial charge in [-0.3, -0.25) is 4.79 Å². The molecule has 0 saturated carbocycles. The Kier molecular flexibility index (Phi) is 6.64. The molecule has 3 rings (SSSR count). The summed E-state index contributed by atoms with van der Waals surface area (Å²) in [5.74, 6) is 0.323. The van der Waals surface area contributed by atoms with Crippen molar-refractivity contribution in [2.75, 3.05) is 30.3 Å². The molecule has 8 heteroatoms. The van der Waals surface area contributed by atoms with Crippen molar-refractivity contribution < 1.29 is 14.3 Å². The number of aryl methyl sites for hydroxylation is 2. The molecule has 0 radical (unpaired) electrons. The molecule has 0 atom stereocenters. The summed E-state index contributed by atoms with van der Waals surface area (Å²) in [7, 11) is 0. The minimum atomic E-state index is -0.291. The first-order valence-electron chi connectivity index (χ1n) is 9.85. The second-order valence-corrected chi connectivity index (χ2v) is 7.16. The smallest absolute Gasteiger partial charge is 0.409 e. The van der Waals surface area contributed by atoms with Gasteiger partial charge in [-0.1, -0.05) is 12.1 Å². The fourth-order valence-corrected chi connectivity index (χ4v) is 3.21. The number of carbonyl (C=O) groups excluding carboxylic acids is 2. The predicted octanol–water partition coefficient (Wildman–Crippen LogP) is 3.38. The van der Waals surface area contributed by atoms with Gasteiger partial charge in [0.15, 0.2) is 0 Å². The summed E-state index contributed by atoms with van der Waals surface area (Å²) in [4.78, 5) is 34.5. The third-order valence-electron chi connectivity index (χ3n) is 4.90. The van der Waals surface area contributed by atoms with Gasteiger partial charge in [0.2, 0.25) is 0 Å². The average molecular weight is 397 g/mol. The number of benzene rings is 1. The number of hydrogen-bond donors (Lipinski definition) is 2. The highest BCUT2D eigenvalue weighted by atomic mass is 16.6. The summed E-state index contributed by atoms with van der Waals surface area (Å²) >= 11 is 0. The van der Waals surface area contributed by atoms with Gasteiger partial charge in [-0.25, -0.2) is 14.8 Å². The largest absolute Gasteiger partial charge is 0.450 e. The Morgan fingerprint density at radius 1 is 1.17 bits per heavy atom. The predicted molar refractivity (Wildman–Crippen MR) is 111 cm³/mol. The molecule has 0 unspecified atom stereocenters. The highest BCUT2D eigenvalue weighted by Gasteiger charge is 2.23. The van der Waals surface area contributed by atoms with Crippen LogP contribution in [-0.2, 0) is 4.74 Å². The van der Waals surface area contributed by atoms with E-state index in [2.05, 4.69) is 20.6 Å². The first kappa shape index (κ1) is 20.6. The van der Waals surface area contributed by atoms with E-state index in [0.29, 0.717) is 25.5 Å². The monoisotopic (exact) mass is 397 g/mol. The molecule has 1 saturated heterocycles. The van der Waals surface area contributed by atoms with Crippen LogP contribution in [-0.4, -0.2) is 52.6 Å². The van der Waals surface area contributed by atoms with Crippen LogP contribution in [0.5, 0.6) is 0 Å². The number of ether oxygens (including phenoxy) is 1. The Morgan fingerprint density at radius 2 is 1.93 bits per heavy atom. The van der Waals surface area contributed by atoms with Crippen molar-refractivity contribution in [1.29, 1.82) is 0 Å². The Labute approximate surface area is 170 Å². The number of piperidine rings is 1. The fourth-order valence-electron chi connectivity index (χ4n) is 3.21. The molecule has 1 aromatic carbocycles. The highest BCUT2D eigenvalue weighted by Crippen LogP contribution is 2.18. The lowest BCUT2D eigenvalue weighted by Gasteiger charge is -2.31. The molecule has 2 heterocycles.